The highest BCUT2D eigenvalue weighted by molar-refractivity contribution is 7.99. The summed E-state index contributed by atoms with van der Waals surface area (Å²) in [5, 5.41) is 12.6. The first-order valence-corrected chi connectivity index (χ1v) is 9.90. The van der Waals surface area contributed by atoms with E-state index in [1.165, 1.54) is 22.9 Å². The van der Waals surface area contributed by atoms with Gasteiger partial charge < -0.3 is 5.32 Å². The average Bonchev–Trinajstić information content (AvgIpc) is 2.99. The van der Waals surface area contributed by atoms with Crippen molar-refractivity contribution in [3.05, 3.63) is 63.9 Å². The van der Waals surface area contributed by atoms with Crippen LogP contribution in [0.25, 0.3) is 5.69 Å². The molecule has 1 aromatic heterocycles. The van der Waals surface area contributed by atoms with Crippen molar-refractivity contribution in [2.24, 2.45) is 0 Å². The maximum absolute atomic E-state index is 12.4. The first-order valence-electron chi connectivity index (χ1n) is 8.53. The van der Waals surface area contributed by atoms with Crippen LogP contribution in [0.5, 0.6) is 0 Å². The highest BCUT2D eigenvalue weighted by Gasteiger charge is 2.14. The second-order valence-electron chi connectivity index (χ2n) is 6.43. The quantitative estimate of drug-likeness (QED) is 0.619. The minimum absolute atomic E-state index is 0.113. The summed E-state index contributed by atoms with van der Waals surface area (Å²) in [6, 6.07) is 11.7. The Morgan fingerprint density at radius 1 is 1.04 bits per heavy atom. The first kappa shape index (κ1) is 19.5. The number of benzene rings is 2. The van der Waals surface area contributed by atoms with E-state index in [1.807, 2.05) is 30.5 Å². The van der Waals surface area contributed by atoms with Gasteiger partial charge in [-0.15, -0.1) is 10.2 Å². The van der Waals surface area contributed by atoms with Crippen LogP contribution in [-0.4, -0.2) is 26.4 Å². The molecule has 140 valence electrons. The van der Waals surface area contributed by atoms with Gasteiger partial charge in [0.1, 0.15) is 5.82 Å². The van der Waals surface area contributed by atoms with Gasteiger partial charge >= 0.3 is 0 Å². The Balaban J connectivity index is 1.74. The van der Waals surface area contributed by atoms with Gasteiger partial charge in [-0.2, -0.15) is 0 Å². The smallest absolute Gasteiger partial charge is 0.234 e. The Morgan fingerprint density at radius 2 is 1.78 bits per heavy atom. The van der Waals surface area contributed by atoms with E-state index in [0.29, 0.717) is 10.2 Å². The fraction of sp³-hybridized carbons (Fsp3) is 0.250. The number of rotatable bonds is 5. The van der Waals surface area contributed by atoms with Crippen molar-refractivity contribution in [2.75, 3.05) is 11.1 Å². The fourth-order valence-electron chi connectivity index (χ4n) is 2.64. The van der Waals surface area contributed by atoms with Crippen molar-refractivity contribution in [1.29, 1.82) is 0 Å². The number of aromatic nitrogens is 3. The zero-order valence-electron chi connectivity index (χ0n) is 15.7. The second kappa shape index (κ2) is 8.15. The molecule has 3 aromatic rings. The Morgan fingerprint density at radius 3 is 2.52 bits per heavy atom. The van der Waals surface area contributed by atoms with E-state index in [9.17, 15) is 4.79 Å². The maximum atomic E-state index is 12.4. The molecule has 0 unspecified atom stereocenters. The van der Waals surface area contributed by atoms with Gasteiger partial charge in [0.05, 0.1) is 5.75 Å². The van der Waals surface area contributed by atoms with E-state index in [2.05, 4.69) is 41.5 Å². The van der Waals surface area contributed by atoms with Crippen LogP contribution in [0.15, 0.2) is 41.6 Å². The predicted octanol–water partition coefficient (Wildman–Crippen LogP) is 4.89. The van der Waals surface area contributed by atoms with Gasteiger partial charge in [-0.05, 0) is 68.7 Å². The lowest BCUT2D eigenvalue weighted by atomic mass is 10.1. The molecule has 0 aliphatic rings. The second-order valence-corrected chi connectivity index (χ2v) is 7.81. The minimum Gasteiger partial charge on any atom is -0.325 e. The van der Waals surface area contributed by atoms with E-state index in [0.717, 1.165) is 22.8 Å². The normalized spacial score (nSPS) is 10.9. The Kier molecular flexibility index (Phi) is 5.87. The number of hydrogen-bond donors (Lipinski definition) is 1. The molecule has 0 aliphatic carbocycles. The van der Waals surface area contributed by atoms with E-state index >= 15 is 0 Å². The summed E-state index contributed by atoms with van der Waals surface area (Å²) in [6.07, 6.45) is 0. The van der Waals surface area contributed by atoms with Crippen LogP contribution < -0.4 is 5.32 Å². The molecule has 0 atom stereocenters. The van der Waals surface area contributed by atoms with Crippen molar-refractivity contribution in [1.82, 2.24) is 14.8 Å². The summed E-state index contributed by atoms with van der Waals surface area (Å²) in [5.41, 5.74) is 5.11. The SMILES string of the molecule is Cc1ccc(-n2c(C)nnc2SCC(=O)Nc2cc(Cl)ccc2C)cc1C. The molecule has 7 heteroatoms. The van der Waals surface area contributed by atoms with Crippen molar-refractivity contribution >= 4 is 35.0 Å². The molecule has 2 aromatic carbocycles. The molecule has 0 bridgehead atoms. The van der Waals surface area contributed by atoms with Crippen LogP contribution in [0.2, 0.25) is 5.02 Å². The van der Waals surface area contributed by atoms with Crippen molar-refractivity contribution in [3.8, 4) is 5.69 Å². The molecule has 0 saturated carbocycles. The van der Waals surface area contributed by atoms with Gasteiger partial charge in [-0.3, -0.25) is 9.36 Å². The average molecular weight is 401 g/mol. The zero-order valence-corrected chi connectivity index (χ0v) is 17.3. The van der Waals surface area contributed by atoms with Crippen LogP contribution in [0.3, 0.4) is 0 Å². The molecular formula is C20H21ClN4OS. The molecule has 5 nitrogen and oxygen atoms in total. The molecule has 0 fully saturated rings. The fourth-order valence-corrected chi connectivity index (χ4v) is 3.61. The maximum Gasteiger partial charge on any atom is 0.234 e. The summed E-state index contributed by atoms with van der Waals surface area (Å²) in [6.45, 7) is 7.99. The van der Waals surface area contributed by atoms with Crippen molar-refractivity contribution in [3.63, 3.8) is 0 Å². The molecule has 27 heavy (non-hydrogen) atoms. The van der Waals surface area contributed by atoms with Crippen LogP contribution in [0.4, 0.5) is 5.69 Å². The molecule has 1 N–H and O–H groups in total. The van der Waals surface area contributed by atoms with Gasteiger partial charge in [0.2, 0.25) is 5.91 Å². The van der Waals surface area contributed by atoms with Crippen LogP contribution in [-0.2, 0) is 4.79 Å². The minimum atomic E-state index is -0.113. The van der Waals surface area contributed by atoms with Crippen LogP contribution in [0, 0.1) is 27.7 Å². The number of anilines is 1. The molecule has 0 spiro atoms. The summed E-state index contributed by atoms with van der Waals surface area (Å²) in [4.78, 5) is 12.4. The van der Waals surface area contributed by atoms with Gasteiger partial charge in [-0.25, -0.2) is 0 Å². The third-order valence-corrected chi connectivity index (χ3v) is 5.51. The van der Waals surface area contributed by atoms with Crippen molar-refractivity contribution in [2.45, 2.75) is 32.9 Å². The Labute approximate surface area is 168 Å². The highest BCUT2D eigenvalue weighted by atomic mass is 35.5. The first-order chi connectivity index (χ1) is 12.8. The molecule has 1 amide bonds. The van der Waals surface area contributed by atoms with Crippen molar-refractivity contribution < 1.29 is 4.79 Å². The summed E-state index contributed by atoms with van der Waals surface area (Å²) < 4.78 is 1.97. The summed E-state index contributed by atoms with van der Waals surface area (Å²) in [5.74, 6) is 0.902. The summed E-state index contributed by atoms with van der Waals surface area (Å²) >= 11 is 7.36. The van der Waals surface area contributed by atoms with Gasteiger partial charge in [-0.1, -0.05) is 35.5 Å². The summed E-state index contributed by atoms with van der Waals surface area (Å²) in [7, 11) is 0. The van der Waals surface area contributed by atoms with Crippen LogP contribution in [0.1, 0.15) is 22.5 Å². The number of nitrogens with zero attached hydrogens (tertiary/aromatic N) is 3. The Hall–Kier alpha value is -2.31. The number of carbonyl (C=O) groups excluding carboxylic acids is 1. The largest absolute Gasteiger partial charge is 0.325 e. The van der Waals surface area contributed by atoms with E-state index < -0.39 is 0 Å². The van der Waals surface area contributed by atoms with E-state index in [4.69, 9.17) is 11.6 Å². The number of halogens is 1. The van der Waals surface area contributed by atoms with Gasteiger partial charge in [0.25, 0.3) is 0 Å². The number of nitrogens with one attached hydrogen (secondary N) is 1. The number of thioether (sulfide) groups is 1. The zero-order chi connectivity index (χ0) is 19.6. The molecule has 0 saturated heterocycles. The van der Waals surface area contributed by atoms with Crippen LogP contribution >= 0.6 is 23.4 Å². The van der Waals surface area contributed by atoms with Gasteiger partial charge in [0, 0.05) is 16.4 Å². The lowest BCUT2D eigenvalue weighted by Gasteiger charge is -2.11. The van der Waals surface area contributed by atoms with E-state index in [1.54, 1.807) is 12.1 Å². The third-order valence-electron chi connectivity index (χ3n) is 4.35. The Bertz CT molecular complexity index is 1000. The standard InChI is InChI=1S/C20H21ClN4OS/c1-12-6-8-17(9-14(12)3)25-15(4)23-24-20(25)27-11-19(26)22-18-10-16(21)7-5-13(18)2/h5-10H,11H2,1-4H3,(H,22,26). The molecular weight excluding hydrogens is 380 g/mol. The molecule has 0 aliphatic heterocycles. The molecule has 3 rings (SSSR count). The number of carbonyl (C=O) groups is 1. The third kappa shape index (κ3) is 4.51. The number of aryl methyl sites for hydroxylation is 4. The monoisotopic (exact) mass is 400 g/mol. The predicted molar refractivity (Wildman–Crippen MR) is 111 cm³/mol. The highest BCUT2D eigenvalue weighted by Crippen LogP contribution is 2.24. The number of amides is 1. The topological polar surface area (TPSA) is 59.8 Å². The van der Waals surface area contributed by atoms with E-state index in [-0.39, 0.29) is 11.7 Å². The lowest BCUT2D eigenvalue weighted by molar-refractivity contribution is -0.113. The lowest BCUT2D eigenvalue weighted by Crippen LogP contribution is -2.15. The molecule has 0 radical (unpaired) electrons. The molecule has 1 heterocycles. The number of hydrogen-bond acceptors (Lipinski definition) is 4. The van der Waals surface area contributed by atoms with Gasteiger partial charge in [0.15, 0.2) is 5.16 Å².